The highest BCUT2D eigenvalue weighted by molar-refractivity contribution is 5.79. The molecule has 3 nitrogen and oxygen atoms in total. The molecule has 2 atom stereocenters. The first-order valence-corrected chi connectivity index (χ1v) is 5.88. The van der Waals surface area contributed by atoms with Crippen molar-refractivity contribution in [1.82, 2.24) is 5.32 Å². The van der Waals surface area contributed by atoms with Gasteiger partial charge in [0.15, 0.2) is 0 Å². The van der Waals surface area contributed by atoms with Crippen LogP contribution in [0.25, 0.3) is 0 Å². The average molecular weight is 256 g/mol. The molecule has 0 fully saturated rings. The van der Waals surface area contributed by atoms with Gasteiger partial charge in [-0.3, -0.25) is 4.79 Å². The van der Waals surface area contributed by atoms with Crippen molar-refractivity contribution in [3.63, 3.8) is 0 Å². The summed E-state index contributed by atoms with van der Waals surface area (Å²) >= 11 is 0. The predicted molar refractivity (Wildman–Crippen MR) is 65.9 cm³/mol. The van der Waals surface area contributed by atoms with Crippen molar-refractivity contribution >= 4 is 5.91 Å². The maximum Gasteiger partial charge on any atom is 0.224 e. The highest BCUT2D eigenvalue weighted by Gasteiger charge is 2.16. The third-order valence-corrected chi connectivity index (χ3v) is 3.01. The first-order chi connectivity index (χ1) is 8.45. The molecule has 18 heavy (non-hydrogen) atoms. The summed E-state index contributed by atoms with van der Waals surface area (Å²) in [5.41, 5.74) is 5.27. The molecule has 0 heterocycles. The van der Waals surface area contributed by atoms with Gasteiger partial charge in [-0.05, 0) is 31.5 Å². The van der Waals surface area contributed by atoms with Gasteiger partial charge < -0.3 is 11.1 Å². The van der Waals surface area contributed by atoms with Gasteiger partial charge in [-0.15, -0.1) is 0 Å². The Morgan fingerprint density at radius 1 is 1.33 bits per heavy atom. The van der Waals surface area contributed by atoms with E-state index in [-0.39, 0.29) is 23.9 Å². The minimum absolute atomic E-state index is 0.111. The van der Waals surface area contributed by atoms with Gasteiger partial charge in [-0.25, -0.2) is 8.78 Å². The molecule has 0 aliphatic rings. The third-order valence-electron chi connectivity index (χ3n) is 3.01. The van der Waals surface area contributed by atoms with Crippen molar-refractivity contribution in [3.8, 4) is 0 Å². The number of hydrogen-bond donors (Lipinski definition) is 2. The van der Waals surface area contributed by atoms with Gasteiger partial charge in [0.2, 0.25) is 5.91 Å². The summed E-state index contributed by atoms with van der Waals surface area (Å²) in [6, 6.07) is 3.41. The minimum Gasteiger partial charge on any atom is -0.353 e. The highest BCUT2D eigenvalue weighted by atomic mass is 19.1. The second kappa shape index (κ2) is 6.44. The lowest BCUT2D eigenvalue weighted by Crippen LogP contribution is -2.40. The van der Waals surface area contributed by atoms with Crippen LogP contribution in [0, 0.1) is 17.6 Å². The summed E-state index contributed by atoms with van der Waals surface area (Å²) in [5.74, 6) is -1.71. The zero-order valence-electron chi connectivity index (χ0n) is 10.5. The number of benzene rings is 1. The Hall–Kier alpha value is -1.49. The lowest BCUT2D eigenvalue weighted by Gasteiger charge is -2.19. The molecule has 0 saturated carbocycles. The van der Waals surface area contributed by atoms with Gasteiger partial charge in [-0.1, -0.05) is 13.0 Å². The molecule has 0 radical (unpaired) electrons. The fourth-order valence-corrected chi connectivity index (χ4v) is 1.51. The van der Waals surface area contributed by atoms with Crippen LogP contribution in [0.4, 0.5) is 8.78 Å². The molecule has 2 unspecified atom stereocenters. The molecule has 1 rings (SSSR count). The van der Waals surface area contributed by atoms with Crippen LogP contribution in [0.1, 0.15) is 19.4 Å². The van der Waals surface area contributed by atoms with Crippen LogP contribution in [-0.2, 0) is 11.2 Å². The Balaban J connectivity index is 2.65. The number of nitrogens with one attached hydrogen (secondary N) is 1. The molecule has 3 N–H and O–H groups in total. The molecule has 1 aromatic rings. The second-order valence-electron chi connectivity index (χ2n) is 4.45. The molecular weight excluding hydrogens is 238 g/mol. The van der Waals surface area contributed by atoms with E-state index in [2.05, 4.69) is 5.32 Å². The Morgan fingerprint density at radius 3 is 2.39 bits per heavy atom. The summed E-state index contributed by atoms with van der Waals surface area (Å²) in [6.07, 6.45) is -0.305. The van der Waals surface area contributed by atoms with E-state index in [1.165, 1.54) is 6.07 Å². The van der Waals surface area contributed by atoms with E-state index in [0.29, 0.717) is 6.54 Å². The van der Waals surface area contributed by atoms with Gasteiger partial charge in [0, 0.05) is 11.6 Å². The van der Waals surface area contributed by atoms with E-state index in [4.69, 9.17) is 5.73 Å². The van der Waals surface area contributed by atoms with E-state index >= 15 is 0 Å². The van der Waals surface area contributed by atoms with Crippen LogP contribution >= 0.6 is 0 Å². The number of halogens is 2. The monoisotopic (exact) mass is 256 g/mol. The SMILES string of the molecule is CC(CN)C(C)NC(=O)Cc1c(F)cccc1F. The fraction of sp³-hybridized carbons (Fsp3) is 0.462. The number of carbonyl (C=O) groups excluding carboxylic acids is 1. The summed E-state index contributed by atoms with van der Waals surface area (Å²) in [4.78, 5) is 11.7. The maximum absolute atomic E-state index is 13.3. The highest BCUT2D eigenvalue weighted by Crippen LogP contribution is 2.12. The lowest BCUT2D eigenvalue weighted by atomic mass is 10.0. The number of nitrogens with two attached hydrogens (primary N) is 1. The Labute approximate surface area is 105 Å². The molecular formula is C13H18F2N2O. The molecule has 0 bridgehead atoms. The molecule has 0 aliphatic heterocycles. The van der Waals surface area contributed by atoms with Gasteiger partial charge in [-0.2, -0.15) is 0 Å². The van der Waals surface area contributed by atoms with Crippen LogP contribution in [-0.4, -0.2) is 18.5 Å². The maximum atomic E-state index is 13.3. The van der Waals surface area contributed by atoms with Crippen LogP contribution in [0.5, 0.6) is 0 Å². The van der Waals surface area contributed by atoms with Gasteiger partial charge in [0.1, 0.15) is 11.6 Å². The third kappa shape index (κ3) is 3.77. The summed E-state index contributed by atoms with van der Waals surface area (Å²) < 4.78 is 26.7. The molecule has 0 aromatic heterocycles. The molecule has 1 amide bonds. The standard InChI is InChI=1S/C13H18F2N2O/c1-8(7-16)9(2)17-13(18)6-10-11(14)4-3-5-12(10)15/h3-5,8-9H,6-7,16H2,1-2H3,(H,17,18). The van der Waals surface area contributed by atoms with Crippen molar-refractivity contribution in [3.05, 3.63) is 35.4 Å². The normalized spacial score (nSPS) is 14.1. The van der Waals surface area contributed by atoms with E-state index in [1.807, 2.05) is 13.8 Å². The molecule has 0 aliphatic carbocycles. The Kier molecular flexibility index (Phi) is 5.22. The number of rotatable bonds is 5. The first kappa shape index (κ1) is 14.6. The van der Waals surface area contributed by atoms with Gasteiger partial charge in [0.25, 0.3) is 0 Å². The summed E-state index contributed by atoms with van der Waals surface area (Å²) in [7, 11) is 0. The van der Waals surface area contributed by atoms with Crippen LogP contribution < -0.4 is 11.1 Å². The van der Waals surface area contributed by atoms with Crippen LogP contribution in [0.3, 0.4) is 0 Å². The molecule has 100 valence electrons. The van der Waals surface area contributed by atoms with Crippen molar-refractivity contribution in [2.75, 3.05) is 6.54 Å². The smallest absolute Gasteiger partial charge is 0.224 e. The van der Waals surface area contributed by atoms with E-state index in [0.717, 1.165) is 12.1 Å². The van der Waals surface area contributed by atoms with Crippen LogP contribution in [0.2, 0.25) is 0 Å². The molecule has 0 saturated heterocycles. The van der Waals surface area contributed by atoms with Crippen LogP contribution in [0.15, 0.2) is 18.2 Å². The van der Waals surface area contributed by atoms with E-state index in [1.54, 1.807) is 0 Å². The molecule has 0 spiro atoms. The first-order valence-electron chi connectivity index (χ1n) is 5.88. The number of carbonyl (C=O) groups is 1. The van der Waals surface area contributed by atoms with Crippen molar-refractivity contribution in [1.29, 1.82) is 0 Å². The zero-order chi connectivity index (χ0) is 13.7. The second-order valence-corrected chi connectivity index (χ2v) is 4.45. The minimum atomic E-state index is -0.704. The summed E-state index contributed by atoms with van der Waals surface area (Å²) in [6.45, 7) is 4.15. The summed E-state index contributed by atoms with van der Waals surface area (Å²) in [5, 5.41) is 2.68. The fourth-order valence-electron chi connectivity index (χ4n) is 1.51. The Morgan fingerprint density at radius 2 is 1.89 bits per heavy atom. The number of amides is 1. The van der Waals surface area contributed by atoms with Gasteiger partial charge >= 0.3 is 0 Å². The molecule has 5 heteroatoms. The molecule has 1 aromatic carbocycles. The predicted octanol–water partition coefficient (Wildman–Crippen LogP) is 1.61. The number of hydrogen-bond acceptors (Lipinski definition) is 2. The van der Waals surface area contributed by atoms with Gasteiger partial charge in [0.05, 0.1) is 6.42 Å². The average Bonchev–Trinajstić information content (AvgIpc) is 2.32. The quantitative estimate of drug-likeness (QED) is 0.841. The van der Waals surface area contributed by atoms with E-state index < -0.39 is 17.5 Å². The van der Waals surface area contributed by atoms with Crippen molar-refractivity contribution in [2.45, 2.75) is 26.3 Å². The van der Waals surface area contributed by atoms with Crippen molar-refractivity contribution < 1.29 is 13.6 Å². The largest absolute Gasteiger partial charge is 0.353 e. The zero-order valence-corrected chi connectivity index (χ0v) is 10.5. The topological polar surface area (TPSA) is 55.1 Å². The lowest BCUT2D eigenvalue weighted by molar-refractivity contribution is -0.121. The van der Waals surface area contributed by atoms with Crippen molar-refractivity contribution in [2.24, 2.45) is 11.7 Å². The van der Waals surface area contributed by atoms with E-state index in [9.17, 15) is 13.6 Å². The Bertz CT molecular complexity index is 403.